The van der Waals surface area contributed by atoms with Gasteiger partial charge in [-0.05, 0) is 36.4 Å². The van der Waals surface area contributed by atoms with Crippen molar-refractivity contribution < 1.29 is 18.9 Å². The number of amides is 1. The number of nitro groups is 1. The number of ether oxygens (including phenoxy) is 1. The first-order valence-corrected chi connectivity index (χ1v) is 9.32. The standard InChI is InChI=1S/C21H14BrN3O5/c1-29-20-11-16(25(27)28)5-7-18(20)19-8-6-17(30-19)9-13(12-23)21(26)24-15-4-2-3-14(22)10-15/h2-11H,1H3,(H,24,26)/b13-9+. The monoisotopic (exact) mass is 467 g/mol. The maximum atomic E-state index is 12.4. The summed E-state index contributed by atoms with van der Waals surface area (Å²) < 4.78 is 11.7. The predicted octanol–water partition coefficient (Wildman–Crippen LogP) is 5.17. The van der Waals surface area contributed by atoms with Gasteiger partial charge >= 0.3 is 0 Å². The lowest BCUT2D eigenvalue weighted by Crippen LogP contribution is -2.13. The maximum Gasteiger partial charge on any atom is 0.273 e. The minimum Gasteiger partial charge on any atom is -0.496 e. The molecule has 9 heteroatoms. The second-order valence-electron chi connectivity index (χ2n) is 5.98. The second-order valence-corrected chi connectivity index (χ2v) is 6.89. The number of halogens is 1. The molecule has 1 N–H and O–H groups in total. The Labute approximate surface area is 179 Å². The molecule has 0 aliphatic carbocycles. The zero-order chi connectivity index (χ0) is 21.7. The number of hydrogen-bond donors (Lipinski definition) is 1. The first-order chi connectivity index (χ1) is 14.4. The first-order valence-electron chi connectivity index (χ1n) is 8.52. The van der Waals surface area contributed by atoms with Crippen molar-refractivity contribution in [1.82, 2.24) is 0 Å². The molecule has 0 atom stereocenters. The zero-order valence-corrected chi connectivity index (χ0v) is 17.2. The van der Waals surface area contributed by atoms with Crippen LogP contribution < -0.4 is 10.1 Å². The number of nitrogens with zero attached hydrogens (tertiary/aromatic N) is 2. The van der Waals surface area contributed by atoms with Crippen molar-refractivity contribution in [3.8, 4) is 23.1 Å². The molecule has 0 bridgehead atoms. The minimum atomic E-state index is -0.582. The highest BCUT2D eigenvalue weighted by molar-refractivity contribution is 9.10. The van der Waals surface area contributed by atoms with E-state index in [1.54, 1.807) is 30.3 Å². The van der Waals surface area contributed by atoms with Gasteiger partial charge in [0.1, 0.15) is 28.9 Å². The van der Waals surface area contributed by atoms with Gasteiger partial charge in [0, 0.05) is 22.3 Å². The molecule has 0 aliphatic heterocycles. The number of rotatable bonds is 6. The first kappa shape index (κ1) is 20.8. The maximum absolute atomic E-state index is 12.4. The highest BCUT2D eigenvalue weighted by atomic mass is 79.9. The molecule has 1 heterocycles. The summed E-state index contributed by atoms with van der Waals surface area (Å²) in [6.07, 6.45) is 1.31. The highest BCUT2D eigenvalue weighted by Gasteiger charge is 2.16. The van der Waals surface area contributed by atoms with Crippen LogP contribution in [0.2, 0.25) is 0 Å². The Balaban J connectivity index is 1.86. The van der Waals surface area contributed by atoms with Crippen LogP contribution in [0.1, 0.15) is 5.76 Å². The van der Waals surface area contributed by atoms with Crippen LogP contribution in [0.5, 0.6) is 5.75 Å². The summed E-state index contributed by atoms with van der Waals surface area (Å²) in [5, 5.41) is 22.9. The fourth-order valence-corrected chi connectivity index (χ4v) is 3.03. The molecule has 3 rings (SSSR count). The number of methoxy groups -OCH3 is 1. The summed E-state index contributed by atoms with van der Waals surface area (Å²) in [6, 6.07) is 16.2. The molecule has 0 saturated carbocycles. The average molecular weight is 468 g/mol. The molecule has 1 aromatic heterocycles. The molecule has 0 radical (unpaired) electrons. The number of nitriles is 1. The van der Waals surface area contributed by atoms with Crippen molar-refractivity contribution in [1.29, 1.82) is 5.26 Å². The lowest BCUT2D eigenvalue weighted by molar-refractivity contribution is -0.384. The summed E-state index contributed by atoms with van der Waals surface area (Å²) in [4.78, 5) is 22.8. The molecular weight excluding hydrogens is 454 g/mol. The number of carbonyl (C=O) groups is 1. The van der Waals surface area contributed by atoms with E-state index in [1.165, 1.54) is 31.4 Å². The topological polar surface area (TPSA) is 118 Å². The van der Waals surface area contributed by atoms with Crippen LogP contribution in [0.3, 0.4) is 0 Å². The minimum absolute atomic E-state index is 0.113. The number of benzene rings is 2. The van der Waals surface area contributed by atoms with E-state index >= 15 is 0 Å². The smallest absolute Gasteiger partial charge is 0.273 e. The van der Waals surface area contributed by atoms with Crippen molar-refractivity contribution in [2.75, 3.05) is 12.4 Å². The SMILES string of the molecule is COc1cc([N+](=O)[O-])ccc1-c1ccc(/C=C(\C#N)C(=O)Nc2cccc(Br)c2)o1. The highest BCUT2D eigenvalue weighted by Crippen LogP contribution is 2.34. The summed E-state index contributed by atoms with van der Waals surface area (Å²) in [5.41, 5.74) is 0.774. The van der Waals surface area contributed by atoms with E-state index < -0.39 is 10.8 Å². The number of nitro benzene ring substituents is 1. The third kappa shape index (κ3) is 4.74. The Kier molecular flexibility index (Phi) is 6.29. The van der Waals surface area contributed by atoms with Gasteiger partial charge in [-0.25, -0.2) is 0 Å². The molecule has 2 aromatic carbocycles. The average Bonchev–Trinajstić information content (AvgIpc) is 3.19. The zero-order valence-electron chi connectivity index (χ0n) is 15.6. The fourth-order valence-electron chi connectivity index (χ4n) is 2.63. The third-order valence-electron chi connectivity index (χ3n) is 4.02. The molecule has 3 aromatic rings. The molecule has 30 heavy (non-hydrogen) atoms. The quantitative estimate of drug-likeness (QED) is 0.231. The van der Waals surface area contributed by atoms with Crippen molar-refractivity contribution in [3.05, 3.63) is 80.5 Å². The number of nitrogens with one attached hydrogen (secondary N) is 1. The number of anilines is 1. The largest absolute Gasteiger partial charge is 0.496 e. The van der Waals surface area contributed by atoms with Gasteiger partial charge in [0.2, 0.25) is 0 Å². The van der Waals surface area contributed by atoms with Crippen molar-refractivity contribution >= 4 is 39.3 Å². The van der Waals surface area contributed by atoms with Gasteiger partial charge in [0.05, 0.1) is 23.7 Å². The number of carbonyl (C=O) groups excluding carboxylic acids is 1. The molecule has 0 unspecified atom stereocenters. The Bertz CT molecular complexity index is 1190. The van der Waals surface area contributed by atoms with Crippen LogP contribution >= 0.6 is 15.9 Å². The van der Waals surface area contributed by atoms with E-state index in [2.05, 4.69) is 21.2 Å². The van der Waals surface area contributed by atoms with Crippen LogP contribution in [0.25, 0.3) is 17.4 Å². The fraction of sp³-hybridized carbons (Fsp3) is 0.0476. The Morgan fingerprint density at radius 3 is 2.73 bits per heavy atom. The van der Waals surface area contributed by atoms with E-state index in [0.29, 0.717) is 17.0 Å². The second kappa shape index (κ2) is 9.07. The third-order valence-corrected chi connectivity index (χ3v) is 4.52. The summed E-state index contributed by atoms with van der Waals surface area (Å²) in [7, 11) is 1.40. The van der Waals surface area contributed by atoms with Crippen molar-refractivity contribution in [3.63, 3.8) is 0 Å². The van der Waals surface area contributed by atoms with Gasteiger partial charge in [0.25, 0.3) is 11.6 Å². The number of hydrogen-bond acceptors (Lipinski definition) is 6. The Morgan fingerprint density at radius 2 is 2.07 bits per heavy atom. The number of non-ortho nitro benzene ring substituents is 1. The van der Waals surface area contributed by atoms with Crippen molar-refractivity contribution in [2.24, 2.45) is 0 Å². The van der Waals surface area contributed by atoms with Crippen molar-refractivity contribution in [2.45, 2.75) is 0 Å². The normalized spacial score (nSPS) is 10.9. The molecule has 8 nitrogen and oxygen atoms in total. The molecule has 0 fully saturated rings. The summed E-state index contributed by atoms with van der Waals surface area (Å²) >= 11 is 3.32. The molecule has 0 spiro atoms. The molecule has 1 amide bonds. The summed E-state index contributed by atoms with van der Waals surface area (Å²) in [5.74, 6) is 0.326. The van der Waals surface area contributed by atoms with E-state index in [-0.39, 0.29) is 22.8 Å². The molecule has 0 aliphatic rings. The summed E-state index contributed by atoms with van der Waals surface area (Å²) in [6.45, 7) is 0. The van der Waals surface area contributed by atoms with Gasteiger partial charge < -0.3 is 14.5 Å². The van der Waals surface area contributed by atoms with Crippen LogP contribution in [-0.2, 0) is 4.79 Å². The van der Waals surface area contributed by atoms with Crippen LogP contribution in [0, 0.1) is 21.4 Å². The number of furan rings is 1. The molecule has 150 valence electrons. The van der Waals surface area contributed by atoms with E-state index in [1.807, 2.05) is 12.1 Å². The van der Waals surface area contributed by atoms with E-state index in [9.17, 15) is 20.2 Å². The van der Waals surface area contributed by atoms with Gasteiger partial charge in [0.15, 0.2) is 0 Å². The lowest BCUT2D eigenvalue weighted by Gasteiger charge is -2.06. The predicted molar refractivity (Wildman–Crippen MR) is 114 cm³/mol. The van der Waals surface area contributed by atoms with E-state index in [0.717, 1.165) is 4.47 Å². The Hall–Kier alpha value is -3.90. The van der Waals surface area contributed by atoms with Crippen LogP contribution in [0.4, 0.5) is 11.4 Å². The molecule has 0 saturated heterocycles. The van der Waals surface area contributed by atoms with Gasteiger partial charge in [-0.3, -0.25) is 14.9 Å². The van der Waals surface area contributed by atoms with E-state index in [4.69, 9.17) is 9.15 Å². The van der Waals surface area contributed by atoms with Crippen LogP contribution in [0.15, 0.2) is 69.1 Å². The van der Waals surface area contributed by atoms with Gasteiger partial charge in [-0.15, -0.1) is 0 Å². The Morgan fingerprint density at radius 1 is 1.27 bits per heavy atom. The lowest BCUT2D eigenvalue weighted by atomic mass is 10.1. The van der Waals surface area contributed by atoms with Crippen LogP contribution in [-0.4, -0.2) is 17.9 Å². The van der Waals surface area contributed by atoms with Gasteiger partial charge in [-0.2, -0.15) is 5.26 Å². The van der Waals surface area contributed by atoms with Gasteiger partial charge in [-0.1, -0.05) is 22.0 Å². The molecular formula is C21H14BrN3O5.